The summed E-state index contributed by atoms with van der Waals surface area (Å²) in [6, 6.07) is 0. The van der Waals surface area contributed by atoms with Gasteiger partial charge in [0.05, 0.1) is 168 Å². The van der Waals surface area contributed by atoms with E-state index >= 15 is 0 Å². The molecule has 0 rings (SSSR count). The maximum Gasteiger partial charge on any atom is 2.00 e. The Balaban J connectivity index is -0.0000000163. The van der Waals surface area contributed by atoms with Crippen molar-refractivity contribution in [2.75, 3.05) is 0 Å². The Kier molecular flexibility index (Phi) is 613. The van der Waals surface area contributed by atoms with Gasteiger partial charge in [0.1, 0.15) is 0 Å². The fraction of sp³-hybridized carbons (Fsp3) is 0. The summed E-state index contributed by atoms with van der Waals surface area (Å²) in [6.45, 7) is 0. The predicted molar refractivity (Wildman–Crippen MR) is 342 cm³/mol. The summed E-state index contributed by atoms with van der Waals surface area (Å²) in [5, 5.41) is 487. The Morgan fingerprint density at radius 3 is 0.0486 bits per heavy atom. The summed E-state index contributed by atoms with van der Waals surface area (Å²) in [4.78, 5) is 272. The van der Waals surface area contributed by atoms with E-state index in [9.17, 15) is 0 Å². The van der Waals surface area contributed by atoms with Gasteiger partial charge in [-0.15, -0.1) is 0 Å². The van der Waals surface area contributed by atoms with Crippen molar-refractivity contribution in [3.63, 3.8) is 0 Å². The monoisotopic (exact) mass is 2750 g/mol. The second-order valence-corrected chi connectivity index (χ2v) is 7.38. The quantitative estimate of drug-likeness (QED) is 0.161. The van der Waals surface area contributed by atoms with E-state index in [-0.39, 0.29) is 201 Å². The van der Waals surface area contributed by atoms with Crippen LogP contribution in [0.5, 0.6) is 0 Å². The Hall–Kier alpha value is -20.3. The number of rotatable bonds is 0. The standard InChI is InChI=1S/12Co.33NO3/c;;;;;;;;;;;;33*2-1(3)4/q12*+2;33*-1. The Morgan fingerprint density at radius 1 is 0.0486 bits per heavy atom. The zero-order valence-electron chi connectivity index (χ0n) is 59.2. The van der Waals surface area contributed by atoms with E-state index in [0.29, 0.717) is 0 Å². The van der Waals surface area contributed by atoms with E-state index in [0.717, 1.165) is 0 Å². The smallest absolute Gasteiger partial charge is 0.356 e. The second kappa shape index (κ2) is 293. The summed E-state index contributed by atoms with van der Waals surface area (Å²) in [6.07, 6.45) is 0. The van der Waals surface area contributed by atoms with Gasteiger partial charge >= 0.3 is 201 Å². The molecule has 0 aromatic heterocycles. The maximum atomic E-state index is 8.25. The van der Waals surface area contributed by atoms with Crippen LogP contribution in [0.3, 0.4) is 0 Å². The van der Waals surface area contributed by atoms with Crippen LogP contribution in [0.4, 0.5) is 0 Å². The Bertz CT molecular complexity index is 1930. The molecule has 0 spiro atoms. The Morgan fingerprint density at radius 2 is 0.0486 bits per heavy atom. The van der Waals surface area contributed by atoms with Crippen LogP contribution < -0.4 is 0 Å². The van der Waals surface area contributed by atoms with Crippen molar-refractivity contribution in [3.05, 3.63) is 506 Å². The minimum atomic E-state index is -1.75. The molecule has 0 saturated carbocycles. The molecule has 0 saturated heterocycles. The minimum Gasteiger partial charge on any atom is -0.356 e. The normalized spacial score (nSPS) is 5.50. The first kappa shape index (κ1) is 301. The molecule has 0 atom stereocenters. The van der Waals surface area contributed by atoms with Gasteiger partial charge in [0, 0.05) is 0 Å². The van der Waals surface area contributed by atoms with Gasteiger partial charge < -0.3 is 506 Å². The minimum absolute atomic E-state index is 0. The zero-order valence-corrected chi connectivity index (χ0v) is 71.7. The summed E-state index contributed by atoms with van der Waals surface area (Å²) in [5.41, 5.74) is 0. The van der Waals surface area contributed by atoms with E-state index in [1.54, 1.807) is 0 Å². The predicted octanol–water partition coefficient (Wildman–Crippen LogP) is -7.92. The zero-order chi connectivity index (χ0) is 118. The van der Waals surface area contributed by atoms with Gasteiger partial charge in [0.25, 0.3) is 0 Å². The van der Waals surface area contributed by atoms with E-state index in [4.69, 9.17) is 506 Å². The average Bonchev–Trinajstić information content (AvgIpc) is 3.36. The fourth-order valence-electron chi connectivity index (χ4n) is 0. The van der Waals surface area contributed by atoms with E-state index in [1.165, 1.54) is 0 Å². The summed E-state index contributed by atoms with van der Waals surface area (Å²) in [5.74, 6) is 0. The number of nitrogens with zero attached hydrogens (tertiary/aromatic N) is 33. The van der Waals surface area contributed by atoms with Crippen molar-refractivity contribution < 1.29 is 369 Å². The molecule has 0 heterocycles. The van der Waals surface area contributed by atoms with E-state index < -0.39 is 168 Å². The van der Waals surface area contributed by atoms with Crippen LogP contribution in [-0.4, -0.2) is 168 Å². The van der Waals surface area contributed by atoms with Gasteiger partial charge in [0.15, 0.2) is 0 Å². The molecule has 132 nitrogen and oxygen atoms in total. The van der Waals surface area contributed by atoms with Crippen LogP contribution in [0.1, 0.15) is 0 Å². The molecule has 144 heteroatoms. The average molecular weight is 2750 g/mol. The van der Waals surface area contributed by atoms with Gasteiger partial charge in [-0.3, -0.25) is 0 Å². The van der Waals surface area contributed by atoms with Gasteiger partial charge in [-0.25, -0.2) is 0 Å². The fourth-order valence-corrected chi connectivity index (χ4v) is 0. The summed E-state index contributed by atoms with van der Waals surface area (Å²) >= 11 is 0. The van der Waals surface area contributed by atoms with Crippen LogP contribution >= 0.6 is 0 Å². The van der Waals surface area contributed by atoms with Crippen LogP contribution in [0.2, 0.25) is 0 Å². The molecule has 0 aromatic rings. The molecule has 144 heavy (non-hydrogen) atoms. The summed E-state index contributed by atoms with van der Waals surface area (Å²) < 4.78 is 0. The van der Waals surface area contributed by atoms with Crippen molar-refractivity contribution in [2.45, 2.75) is 0 Å². The molecule has 876 valence electrons. The van der Waals surface area contributed by atoms with E-state index in [2.05, 4.69) is 0 Å². The van der Waals surface area contributed by atoms with Crippen LogP contribution in [0.15, 0.2) is 0 Å². The van der Waals surface area contributed by atoms with Crippen molar-refractivity contribution in [1.82, 2.24) is 0 Å². The van der Waals surface area contributed by atoms with Crippen molar-refractivity contribution in [2.24, 2.45) is 0 Å². The van der Waals surface area contributed by atoms with Crippen LogP contribution in [0.25, 0.3) is 0 Å². The Labute approximate surface area is 871 Å². The molecule has 0 unspecified atom stereocenters. The van der Waals surface area contributed by atoms with Crippen molar-refractivity contribution in [1.29, 1.82) is 0 Å². The largest absolute Gasteiger partial charge is 2.00 e. The molecule has 0 aromatic carbocycles. The molecule has 0 bridgehead atoms. The van der Waals surface area contributed by atoms with Crippen LogP contribution in [0, 0.1) is 506 Å². The third-order valence-corrected chi connectivity index (χ3v) is 0. The van der Waals surface area contributed by atoms with Gasteiger partial charge in [-0.1, -0.05) is 0 Å². The molecule has 0 aliphatic rings. The topological polar surface area (TPSA) is 2180 Å². The van der Waals surface area contributed by atoms with Gasteiger partial charge in [0.2, 0.25) is 0 Å². The first-order valence-electron chi connectivity index (χ1n) is 18.1. The molecule has 0 fully saturated rings. The third kappa shape index (κ3) is 4290. The molecular formula is Co12N33O99-9. The first-order chi connectivity index (χ1) is 57.2. The second-order valence-electron chi connectivity index (χ2n) is 7.38. The molecule has 0 N–H and O–H groups in total. The molecule has 12 radical (unpaired) electrons. The SMILES string of the molecule is O=[N+]([O-])[O-].O=[N+]([O-])[O-].O=[N+]([O-])[O-].O=[N+]([O-])[O-].O=[N+]([O-])[O-].O=[N+]([O-])[O-].O=[N+]([O-])[O-].O=[N+]([O-])[O-].O=[N+]([O-])[O-].O=[N+]([O-])[O-].O=[N+]([O-])[O-].O=[N+]([O-])[O-].O=[N+]([O-])[O-].O=[N+]([O-])[O-].O=[N+]([O-])[O-].O=[N+]([O-])[O-].O=[N+]([O-])[O-].O=[N+]([O-])[O-].O=[N+]([O-])[O-].O=[N+]([O-])[O-].O=[N+]([O-])[O-].O=[N+]([O-])[O-].O=[N+]([O-])[O-].O=[N+]([O-])[O-].O=[N+]([O-])[O-].O=[N+]([O-])[O-].O=[N+]([O-])[O-].O=[N+]([O-])[O-].O=[N+]([O-])[O-].O=[N+]([O-])[O-].O=[N+]([O-])[O-].O=[N+]([O-])[O-].O=[N+]([O-])[O-].[Co+2].[Co+2].[Co+2].[Co+2].[Co+2].[Co+2].[Co+2].[Co+2].[Co+2].[Co+2].[Co+2].[Co+2]. The van der Waals surface area contributed by atoms with Crippen LogP contribution in [-0.2, 0) is 201 Å². The molecule has 0 amide bonds. The molecule has 0 aliphatic carbocycles. The first-order valence-corrected chi connectivity index (χ1v) is 18.1. The molecular weight excluding hydrogens is 2750 g/mol. The maximum absolute atomic E-state index is 8.25. The van der Waals surface area contributed by atoms with E-state index in [1.807, 2.05) is 0 Å². The molecule has 0 aliphatic heterocycles. The number of hydrogen-bond donors (Lipinski definition) is 0. The third-order valence-electron chi connectivity index (χ3n) is 0. The van der Waals surface area contributed by atoms with Gasteiger partial charge in [-0.05, 0) is 0 Å². The summed E-state index contributed by atoms with van der Waals surface area (Å²) in [7, 11) is 0. The van der Waals surface area contributed by atoms with Crippen molar-refractivity contribution in [3.8, 4) is 0 Å². The van der Waals surface area contributed by atoms with Crippen molar-refractivity contribution >= 4 is 0 Å². The van der Waals surface area contributed by atoms with Gasteiger partial charge in [-0.2, -0.15) is 0 Å². The number of hydrogen-bond acceptors (Lipinski definition) is 99.